The van der Waals surface area contributed by atoms with Crippen molar-refractivity contribution >= 4 is 7.82 Å². The average Bonchev–Trinajstić information content (AvgIpc) is 0.722. The van der Waals surface area contributed by atoms with Crippen LogP contribution in [0.15, 0.2) is 0 Å². The van der Waals surface area contributed by atoms with Crippen molar-refractivity contribution in [3.8, 4) is 0 Å². The number of phosphoric acid groups is 1. The average molecular weight is 136 g/mol. The van der Waals surface area contributed by atoms with Gasteiger partial charge in [-0.15, -0.1) is 0 Å². The summed E-state index contributed by atoms with van der Waals surface area (Å²) in [5.74, 6) is 0. The van der Waals surface area contributed by atoms with E-state index < -0.39 is 7.82 Å². The minimum Gasteiger partial charge on any atom is -0.369 e. The normalized spacial score (nSPS) is 8.43. The van der Waals surface area contributed by atoms with Gasteiger partial charge in [-0.05, 0) is 0 Å². The van der Waals surface area contributed by atoms with E-state index in [1.54, 1.807) is 0 Å². The smallest absolute Gasteiger partial charge is 0.369 e. The van der Waals surface area contributed by atoms with Crippen LogP contribution in [0, 0.1) is 0 Å². The lowest BCUT2D eigenvalue weighted by Crippen LogP contribution is -1.66. The van der Waals surface area contributed by atoms with Gasteiger partial charge in [0.15, 0.2) is 0 Å². The van der Waals surface area contributed by atoms with Crippen molar-refractivity contribution in [2.45, 2.75) is 0 Å². The summed E-state index contributed by atoms with van der Waals surface area (Å²) in [6.45, 7) is 0. The Morgan fingerprint density at radius 1 is 1.00 bits per heavy atom. The van der Waals surface area contributed by atoms with Gasteiger partial charge in [0.2, 0.25) is 0 Å². The molecular formula is H11N2O4P+2. The molecule has 0 rings (SSSR count). The second kappa shape index (κ2) is 4.20. The molecule has 6 nitrogen and oxygen atoms in total. The van der Waals surface area contributed by atoms with Gasteiger partial charge in [-0.1, -0.05) is 0 Å². The molecule has 0 spiro atoms. The van der Waals surface area contributed by atoms with Crippen LogP contribution in [-0.2, 0) is 4.57 Å². The highest BCUT2D eigenvalue weighted by molar-refractivity contribution is 7.45. The molecule has 0 amide bonds. The zero-order valence-corrected chi connectivity index (χ0v) is 5.09. The van der Waals surface area contributed by atoms with Gasteiger partial charge in [0.25, 0.3) is 0 Å². The van der Waals surface area contributed by atoms with E-state index in [1.165, 1.54) is 0 Å². The third-order valence-electron chi connectivity index (χ3n) is 0. The van der Waals surface area contributed by atoms with Gasteiger partial charge in [-0.3, -0.25) is 0 Å². The zero-order valence-electron chi connectivity index (χ0n) is 4.20. The quantitative estimate of drug-likeness (QED) is 0.231. The lowest BCUT2D eigenvalue weighted by molar-refractivity contribution is 0.275. The molecule has 0 saturated heterocycles. The van der Waals surface area contributed by atoms with E-state index in [0.717, 1.165) is 0 Å². The fourth-order valence-corrected chi connectivity index (χ4v) is 0. The van der Waals surface area contributed by atoms with E-state index in [9.17, 15) is 0 Å². The van der Waals surface area contributed by atoms with Gasteiger partial charge in [0.05, 0.1) is 0 Å². The third-order valence-corrected chi connectivity index (χ3v) is 0. The molecule has 7 heavy (non-hydrogen) atoms. The van der Waals surface area contributed by atoms with Crippen LogP contribution in [0.25, 0.3) is 0 Å². The maximum absolute atomic E-state index is 8.88. The molecule has 0 unspecified atom stereocenters. The third kappa shape index (κ3) is 109000. The molecule has 0 fully saturated rings. The molecule has 0 atom stereocenters. The molecule has 48 valence electrons. The summed E-state index contributed by atoms with van der Waals surface area (Å²) >= 11 is 0. The lowest BCUT2D eigenvalue weighted by Gasteiger charge is -1.82. The van der Waals surface area contributed by atoms with Gasteiger partial charge in [-0.25, -0.2) is 4.57 Å². The van der Waals surface area contributed by atoms with Gasteiger partial charge >= 0.3 is 7.82 Å². The van der Waals surface area contributed by atoms with E-state index in [4.69, 9.17) is 19.2 Å². The Morgan fingerprint density at radius 3 is 1.00 bits per heavy atom. The summed E-state index contributed by atoms with van der Waals surface area (Å²) in [6.07, 6.45) is 0. The Balaban J connectivity index is -0.0000000800. The first-order valence-electron chi connectivity index (χ1n) is 0.783. The van der Waals surface area contributed by atoms with Crippen LogP contribution in [0.4, 0.5) is 0 Å². The molecule has 0 heterocycles. The molecule has 0 aliphatic rings. The molecule has 0 radical (unpaired) electrons. The van der Waals surface area contributed by atoms with E-state index in [-0.39, 0.29) is 12.3 Å². The molecule has 11 N–H and O–H groups in total. The summed E-state index contributed by atoms with van der Waals surface area (Å²) in [4.78, 5) is 21.6. The molecular weight excluding hydrogens is 125 g/mol. The van der Waals surface area contributed by atoms with Crippen molar-refractivity contribution in [3.63, 3.8) is 0 Å². The standard InChI is InChI=1S/2H3N.H3O4P/c;;1-5(2,3)4/h2*1H3;(H3,1,2,3,4)/p+2/i2*1+1;. The molecule has 0 aromatic rings. The second-order valence-electron chi connectivity index (χ2n) is 0.513. The van der Waals surface area contributed by atoms with Crippen LogP contribution in [0.5, 0.6) is 0 Å². The van der Waals surface area contributed by atoms with Crippen LogP contribution < -0.4 is 12.3 Å². The van der Waals surface area contributed by atoms with E-state index >= 15 is 0 Å². The number of hydrogen-bond acceptors (Lipinski definition) is 1. The fourth-order valence-electron chi connectivity index (χ4n) is 0. The minimum absolute atomic E-state index is 0. The van der Waals surface area contributed by atoms with Crippen molar-refractivity contribution in [2.24, 2.45) is 0 Å². The highest BCUT2D eigenvalue weighted by Gasteiger charge is 2.00. The van der Waals surface area contributed by atoms with Crippen LogP contribution in [0.2, 0.25) is 0 Å². The largest absolute Gasteiger partial charge is 0.466 e. The predicted molar refractivity (Wildman–Crippen MR) is 26.2 cm³/mol. The predicted octanol–water partition coefficient (Wildman–Crippen LogP) is -0.176. The summed E-state index contributed by atoms with van der Waals surface area (Å²) in [5, 5.41) is 0. The first-order chi connectivity index (χ1) is 2.00. The monoisotopic (exact) mass is 136 g/mol. The number of rotatable bonds is 0. The van der Waals surface area contributed by atoms with Crippen LogP contribution >= 0.6 is 7.82 Å². The van der Waals surface area contributed by atoms with Crippen LogP contribution in [0.1, 0.15) is 0 Å². The zero-order chi connectivity index (χ0) is 4.50. The van der Waals surface area contributed by atoms with E-state index in [1.807, 2.05) is 0 Å². The Labute approximate surface area is 40.6 Å². The maximum Gasteiger partial charge on any atom is 0.466 e. The Kier molecular flexibility index (Phi) is 9.43. The van der Waals surface area contributed by atoms with E-state index in [2.05, 4.69) is 0 Å². The number of hydrogen-bond donors (Lipinski definition) is 5. The van der Waals surface area contributed by atoms with Crippen LogP contribution in [0.3, 0.4) is 0 Å². The number of quaternary nitrogens is 2. The van der Waals surface area contributed by atoms with Crippen molar-refractivity contribution in [3.05, 3.63) is 0 Å². The Morgan fingerprint density at radius 2 is 1.00 bits per heavy atom. The molecule has 0 aromatic carbocycles. The lowest BCUT2D eigenvalue weighted by atomic mass is 15.0. The van der Waals surface area contributed by atoms with Crippen molar-refractivity contribution in [2.75, 3.05) is 0 Å². The molecule has 0 aliphatic carbocycles. The van der Waals surface area contributed by atoms with Gasteiger partial charge in [0.1, 0.15) is 0 Å². The van der Waals surface area contributed by atoms with Crippen LogP contribution in [-0.4, -0.2) is 14.7 Å². The molecule has 7 heteroatoms. The second-order valence-corrected chi connectivity index (χ2v) is 1.54. The van der Waals surface area contributed by atoms with Crippen molar-refractivity contribution < 1.29 is 19.2 Å². The molecule has 0 bridgehead atoms. The summed E-state index contributed by atoms with van der Waals surface area (Å²) in [7, 11) is -4.64. The highest BCUT2D eigenvalue weighted by Crippen LogP contribution is 2.25. The minimum atomic E-state index is -4.64. The van der Waals surface area contributed by atoms with Gasteiger partial charge < -0.3 is 27.0 Å². The van der Waals surface area contributed by atoms with Crippen molar-refractivity contribution in [1.29, 1.82) is 0 Å². The first-order valence-corrected chi connectivity index (χ1v) is 2.35. The van der Waals surface area contributed by atoms with Crippen molar-refractivity contribution in [1.82, 2.24) is 12.3 Å². The summed E-state index contributed by atoms with van der Waals surface area (Å²) < 4.78 is 8.88. The SMILES string of the molecule is O=P(O)(O)O.[15NH4+].[15NH4+]. The topological polar surface area (TPSA) is 151 Å². The Hall–Kier alpha value is 0.0300. The van der Waals surface area contributed by atoms with E-state index in [0.29, 0.717) is 0 Å². The maximum atomic E-state index is 8.88. The Bertz CT molecular complexity index is 55.8. The molecule has 0 aromatic heterocycles. The fraction of sp³-hybridized carbons (Fsp3) is 0. The highest BCUT2D eigenvalue weighted by atomic mass is 31.2. The molecule has 0 aliphatic heterocycles. The summed E-state index contributed by atoms with van der Waals surface area (Å²) in [6, 6.07) is 0. The molecule has 0 saturated carbocycles. The van der Waals surface area contributed by atoms with Gasteiger partial charge in [-0.2, -0.15) is 0 Å². The summed E-state index contributed by atoms with van der Waals surface area (Å²) in [5.41, 5.74) is 0. The first kappa shape index (κ1) is 15.7. The van der Waals surface area contributed by atoms with Gasteiger partial charge in [0, 0.05) is 0 Å².